The monoisotopic (exact) mass is 1670 g/mol. The minimum absolute atomic E-state index is 0.00680. The normalized spacial score (nSPS) is 24.5. The van der Waals surface area contributed by atoms with E-state index in [9.17, 15) is 86.6 Å². The van der Waals surface area contributed by atoms with E-state index < -0.39 is 132 Å². The average molecular weight is 1670 g/mol. The average Bonchev–Trinajstić information content (AvgIpc) is 1.61. The molecule has 5 aliphatic rings. The van der Waals surface area contributed by atoms with E-state index >= 15 is 0 Å². The molecule has 3 aromatic rings. The number of likely N-dealkylation sites (tertiary alicyclic amines) is 3. The first-order valence-corrected chi connectivity index (χ1v) is 43.9. The summed E-state index contributed by atoms with van der Waals surface area (Å²) in [7, 11) is -11.8. The SMILES string of the molecule is CC[C@H](C)[C@@H]([C@@H](CC(=O)N1CCC[C@H]1[C@H](OC)[C@@H](C)C(=O)C[C@H](C)Cc1ccccc1)OC)N(C)C(=O)[C@@H](NC(=O)[C@@H]1[C@H]2CC[C@@H](C2)N1C(=O)CCCCCN1C(=O)CC(SCCNC(=O)CCNC(=O)[C@H](O)C(C)(C)COP(=O)(O)OP(=O)(O)OC[C@H]2O[C@@H](n3cnc4c(N)ncnc43)[C@@H](O)[C@H]2OP(=O)(O)O)C1=O)C(C)C. The fourth-order valence-corrected chi connectivity index (χ4v) is 19.7. The number of hydrogen-bond acceptors (Lipinski definition) is 26. The van der Waals surface area contributed by atoms with Crippen LogP contribution in [0.5, 0.6) is 0 Å². The number of imide groups is 1. The van der Waals surface area contributed by atoms with Gasteiger partial charge in [0.15, 0.2) is 17.7 Å². The van der Waals surface area contributed by atoms with Crippen LogP contribution < -0.4 is 21.7 Å². The number of nitrogens with one attached hydrogen (secondary N) is 3. The number of fused-ring (bicyclic) bond motifs is 3. The highest BCUT2D eigenvalue weighted by molar-refractivity contribution is 8.00. The number of nitrogens with two attached hydrogens (primary N) is 1. The zero-order valence-corrected chi connectivity index (χ0v) is 69.3. The Kier molecular flexibility index (Phi) is 33.2. The summed E-state index contributed by atoms with van der Waals surface area (Å²) in [5.41, 5.74) is 5.35. The number of benzene rings is 1. The highest BCUT2D eigenvalue weighted by atomic mass is 32.2. The van der Waals surface area contributed by atoms with Crippen LogP contribution in [0.3, 0.4) is 0 Å². The number of aliphatic hydroxyl groups is 2. The van der Waals surface area contributed by atoms with E-state index in [2.05, 4.69) is 58.8 Å². The van der Waals surface area contributed by atoms with Gasteiger partial charge in [-0.1, -0.05) is 98.6 Å². The molecule has 1 aliphatic carbocycles. The van der Waals surface area contributed by atoms with Crippen LogP contribution in [0.25, 0.3) is 11.2 Å². The van der Waals surface area contributed by atoms with Crippen LogP contribution in [0, 0.1) is 35.0 Å². The van der Waals surface area contributed by atoms with Gasteiger partial charge in [-0.3, -0.25) is 66.2 Å². The molecular formula is C72H113N12O25P3S. The number of methoxy groups -OCH3 is 2. The topological polar surface area (TPSA) is 510 Å². The molecule has 4 saturated heterocycles. The van der Waals surface area contributed by atoms with E-state index in [0.717, 1.165) is 48.5 Å². The summed E-state index contributed by atoms with van der Waals surface area (Å²) in [4.78, 5) is 182. The number of carbonyl (C=O) groups is 9. The Labute approximate surface area is 661 Å². The molecule has 4 aliphatic heterocycles. The number of phosphoric acid groups is 3. The Morgan fingerprint density at radius 2 is 1.58 bits per heavy atom. The molecule has 6 heterocycles. The highest BCUT2D eigenvalue weighted by Gasteiger charge is 2.54. The quantitative estimate of drug-likeness (QED) is 0.0216. The van der Waals surface area contributed by atoms with Gasteiger partial charge in [0.25, 0.3) is 0 Å². The molecule has 37 nitrogen and oxygen atoms in total. The lowest BCUT2D eigenvalue weighted by Gasteiger charge is -2.41. The molecule has 1 saturated carbocycles. The van der Waals surface area contributed by atoms with E-state index in [1.807, 2.05) is 57.7 Å². The third-order valence-corrected chi connectivity index (χ3v) is 26.3. The number of ketones is 1. The lowest BCUT2D eigenvalue weighted by Crippen LogP contribution is -2.60. The third-order valence-electron chi connectivity index (χ3n) is 22.0. The molecule has 113 heavy (non-hydrogen) atoms. The molecule has 5 fully saturated rings. The third kappa shape index (κ3) is 24.2. The molecule has 8 amide bonds. The van der Waals surface area contributed by atoms with Crippen molar-refractivity contribution in [2.75, 3.05) is 72.1 Å². The molecule has 8 rings (SSSR count). The number of aromatic nitrogens is 4. The Morgan fingerprint density at radius 1 is 0.867 bits per heavy atom. The first-order chi connectivity index (χ1) is 53.2. The summed E-state index contributed by atoms with van der Waals surface area (Å²) in [6.45, 7) is 12.4. The molecule has 2 bridgehead atoms. The number of ether oxygens (including phenoxy) is 3. The van der Waals surface area contributed by atoms with Crippen molar-refractivity contribution in [3.05, 3.63) is 48.5 Å². The van der Waals surface area contributed by atoms with E-state index in [-0.39, 0.29) is 139 Å². The van der Waals surface area contributed by atoms with Gasteiger partial charge in [-0.25, -0.2) is 28.6 Å². The van der Waals surface area contributed by atoms with Gasteiger partial charge in [-0.15, -0.1) is 11.8 Å². The molecule has 41 heteroatoms. The van der Waals surface area contributed by atoms with Gasteiger partial charge in [0.2, 0.25) is 47.3 Å². The van der Waals surface area contributed by atoms with Crippen molar-refractivity contribution < 1.29 is 119 Å². The maximum Gasteiger partial charge on any atom is 0.481 e. The first-order valence-electron chi connectivity index (χ1n) is 38.4. The molecule has 19 atom stereocenters. The van der Waals surface area contributed by atoms with Crippen LogP contribution in [0.15, 0.2) is 43.0 Å². The number of phosphoric ester groups is 3. The number of anilines is 1. The Bertz CT molecular complexity index is 3960. The zero-order valence-electron chi connectivity index (χ0n) is 65.8. The van der Waals surface area contributed by atoms with Crippen molar-refractivity contribution in [1.82, 2.24) is 55.1 Å². The molecule has 0 spiro atoms. The van der Waals surface area contributed by atoms with Crippen LogP contribution in [0.1, 0.15) is 157 Å². The fraction of sp³-hybridized carbons (Fsp3) is 0.722. The smallest absolute Gasteiger partial charge is 0.386 e. The van der Waals surface area contributed by atoms with Crippen molar-refractivity contribution in [2.24, 2.45) is 35.0 Å². The van der Waals surface area contributed by atoms with Crippen LogP contribution >= 0.6 is 35.2 Å². The summed E-state index contributed by atoms with van der Waals surface area (Å²) in [6.07, 6.45) is -1.78. The van der Waals surface area contributed by atoms with Crippen molar-refractivity contribution in [3.63, 3.8) is 0 Å². The molecule has 2 aromatic heterocycles. The largest absolute Gasteiger partial charge is 0.481 e. The molecule has 11 N–H and O–H groups in total. The Hall–Kier alpha value is -6.28. The van der Waals surface area contributed by atoms with Crippen LogP contribution in [-0.2, 0) is 95.4 Å². The fourth-order valence-electron chi connectivity index (χ4n) is 15.8. The van der Waals surface area contributed by atoms with Crippen LogP contribution in [0.4, 0.5) is 5.82 Å². The predicted molar refractivity (Wildman–Crippen MR) is 409 cm³/mol. The Morgan fingerprint density at radius 3 is 2.25 bits per heavy atom. The zero-order chi connectivity index (χ0) is 83.2. The van der Waals surface area contributed by atoms with Gasteiger partial charge in [-0.2, -0.15) is 4.31 Å². The molecule has 3 unspecified atom stereocenters. The predicted octanol–water partition coefficient (Wildman–Crippen LogP) is 4.10. The molecular weight excluding hydrogens is 1560 g/mol. The molecule has 0 radical (unpaired) electrons. The van der Waals surface area contributed by atoms with Gasteiger partial charge in [0.05, 0.1) is 55.5 Å². The van der Waals surface area contributed by atoms with Crippen molar-refractivity contribution in [2.45, 2.75) is 230 Å². The number of likely N-dealkylation sites (N-methyl/N-ethyl adjacent to an activating group) is 1. The second-order valence-corrected chi connectivity index (χ2v) is 36.6. The van der Waals surface area contributed by atoms with Crippen molar-refractivity contribution >= 4 is 105 Å². The number of aliphatic hydroxyl groups excluding tert-OH is 2. The molecule has 1 aromatic carbocycles. The number of amides is 8. The van der Waals surface area contributed by atoms with Gasteiger partial charge < -0.3 is 80.4 Å². The Balaban J connectivity index is 0.720. The van der Waals surface area contributed by atoms with Gasteiger partial charge >= 0.3 is 23.5 Å². The number of Topliss-reactive ketones (excluding diaryl/α,β-unsaturated/α-hetero) is 1. The number of rotatable bonds is 45. The lowest BCUT2D eigenvalue weighted by atomic mass is 9.86. The van der Waals surface area contributed by atoms with E-state index in [1.54, 1.807) is 24.0 Å². The number of piperidine rings is 1. The first kappa shape index (κ1) is 92.2. The number of nitrogens with zero attached hydrogens (tertiary/aromatic N) is 8. The number of imidazole rings is 1. The minimum Gasteiger partial charge on any atom is -0.386 e. The number of thioether (sulfide) groups is 1. The van der Waals surface area contributed by atoms with Crippen molar-refractivity contribution in [3.8, 4) is 0 Å². The van der Waals surface area contributed by atoms with E-state index in [1.165, 1.54) is 37.6 Å². The second-order valence-electron chi connectivity index (χ2n) is 31.1. The maximum atomic E-state index is 14.9. The summed E-state index contributed by atoms with van der Waals surface area (Å²) in [5.74, 6) is -4.09. The summed E-state index contributed by atoms with van der Waals surface area (Å²) >= 11 is 1.18. The minimum atomic E-state index is -5.65. The van der Waals surface area contributed by atoms with Crippen LogP contribution in [0.2, 0.25) is 0 Å². The van der Waals surface area contributed by atoms with E-state index in [4.69, 9.17) is 29.0 Å². The number of carbonyl (C=O) groups excluding carboxylic acids is 9. The highest BCUT2D eigenvalue weighted by Crippen LogP contribution is 2.61. The number of hydrogen-bond donors (Lipinski definition) is 10. The standard InChI is InChI=1S/C72H113N12O25P3S/c1-12-43(5)59(50(103-10)35-55(88)81-30-19-22-48(81)62(104-11)44(6)49(85)33-42(4)32-45-20-15-13-16-21-45)80(9)70(95)57(41(2)3)79-67(92)60-46-24-25-47(34-46)84(60)54(87)23-17-14-18-29-82-56(89)36-52(69(82)94)113-31-28-74-53(86)26-27-75-68(93)64(91)72(7,8)38-106-112(101,102)109-111(99,100)105-37-51-63(108-110(96,97)98)61(90)71(107-51)83-40-78-58-65(73)76-39-77-66(58)83/h13,15-16,20-21,39-44,46-48,50-52,57,59-64,71,90-91H,12,14,17-19,22-38H2,1-11H3,(H,74,86)(H,75,93)(H,79,92)(H,99,100)(H,101,102)(H2,73,76,77)(H2,96,97,98)/t42-,43+,44+,46+,47+,48+,50-,51-,52?,57+,59+,60+,61+,62-,63+,64+,71-/m1/s1. The summed E-state index contributed by atoms with van der Waals surface area (Å²) in [6, 6.07) is 7.25. The second kappa shape index (κ2) is 40.7. The summed E-state index contributed by atoms with van der Waals surface area (Å²) < 4.78 is 75.2. The summed E-state index contributed by atoms with van der Waals surface area (Å²) in [5, 5.41) is 29.3. The lowest BCUT2D eigenvalue weighted by molar-refractivity contribution is -0.149. The molecule has 632 valence electrons. The number of unbranched alkanes of at least 4 members (excludes halogenated alkanes) is 2. The van der Waals surface area contributed by atoms with Crippen molar-refractivity contribution in [1.29, 1.82) is 0 Å². The maximum absolute atomic E-state index is 14.9. The van der Waals surface area contributed by atoms with Gasteiger partial charge in [0, 0.05) is 96.3 Å². The van der Waals surface area contributed by atoms with Crippen LogP contribution in [-0.4, -0.2) is 260 Å². The van der Waals surface area contributed by atoms with Gasteiger partial charge in [0.1, 0.15) is 54.1 Å². The number of nitrogen functional groups attached to an aromatic ring is 1. The van der Waals surface area contributed by atoms with Gasteiger partial charge in [-0.05, 0) is 80.6 Å². The van der Waals surface area contributed by atoms with E-state index in [0.29, 0.717) is 51.5 Å².